The average molecular weight is 252 g/mol. The lowest BCUT2D eigenvalue weighted by molar-refractivity contribution is -0.122. The zero-order valence-electron chi connectivity index (χ0n) is 10.5. The van der Waals surface area contributed by atoms with Crippen molar-refractivity contribution >= 4 is 5.91 Å². The van der Waals surface area contributed by atoms with Gasteiger partial charge in [0.15, 0.2) is 0 Å². The first kappa shape index (κ1) is 13.1. The second-order valence-electron chi connectivity index (χ2n) is 4.43. The van der Waals surface area contributed by atoms with Crippen molar-refractivity contribution in [3.05, 3.63) is 24.2 Å². The first-order chi connectivity index (χ1) is 8.86. The van der Waals surface area contributed by atoms with Gasteiger partial charge in [0.2, 0.25) is 5.91 Å². The van der Waals surface area contributed by atoms with Crippen molar-refractivity contribution in [1.29, 1.82) is 0 Å². The molecule has 1 aromatic heterocycles. The van der Waals surface area contributed by atoms with E-state index in [4.69, 9.17) is 9.15 Å². The largest absolute Gasteiger partial charge is 0.467 e. The number of hydrogen-bond donors (Lipinski definition) is 2. The van der Waals surface area contributed by atoms with E-state index >= 15 is 0 Å². The molecule has 1 fully saturated rings. The molecule has 0 unspecified atom stereocenters. The van der Waals surface area contributed by atoms with Gasteiger partial charge >= 0.3 is 0 Å². The van der Waals surface area contributed by atoms with E-state index in [1.54, 1.807) is 6.26 Å². The van der Waals surface area contributed by atoms with Gasteiger partial charge in [-0.15, -0.1) is 0 Å². The third-order valence-electron chi connectivity index (χ3n) is 2.97. The van der Waals surface area contributed by atoms with Crippen LogP contribution in [0.3, 0.4) is 0 Å². The Hall–Kier alpha value is -1.33. The third-order valence-corrected chi connectivity index (χ3v) is 2.97. The molecular formula is C13H20N2O3. The highest BCUT2D eigenvalue weighted by molar-refractivity contribution is 5.81. The maximum atomic E-state index is 11.6. The van der Waals surface area contributed by atoms with Crippen molar-refractivity contribution in [3.8, 4) is 0 Å². The van der Waals surface area contributed by atoms with Gasteiger partial charge in [0.1, 0.15) is 12.4 Å². The van der Waals surface area contributed by atoms with Gasteiger partial charge in [0, 0.05) is 13.2 Å². The quantitative estimate of drug-likeness (QED) is 0.712. The fourth-order valence-electron chi connectivity index (χ4n) is 1.98. The molecule has 0 aromatic carbocycles. The standard InChI is InChI=1S/C13H20N2O3/c16-13(12-5-1-6-14-12)15-7-3-8-17-10-11-4-2-9-18-11/h2,4,9,12,14H,1,3,5-8,10H2,(H,15,16)/t12-/m1/s1. The van der Waals surface area contributed by atoms with Gasteiger partial charge in [-0.05, 0) is 37.9 Å². The smallest absolute Gasteiger partial charge is 0.237 e. The van der Waals surface area contributed by atoms with Crippen LogP contribution in [0.1, 0.15) is 25.0 Å². The fraction of sp³-hybridized carbons (Fsp3) is 0.615. The zero-order chi connectivity index (χ0) is 12.6. The molecule has 2 N–H and O–H groups in total. The summed E-state index contributed by atoms with van der Waals surface area (Å²) >= 11 is 0. The molecule has 5 heteroatoms. The van der Waals surface area contributed by atoms with Crippen molar-refractivity contribution in [2.75, 3.05) is 19.7 Å². The molecular weight excluding hydrogens is 232 g/mol. The van der Waals surface area contributed by atoms with Crippen molar-refractivity contribution in [3.63, 3.8) is 0 Å². The molecule has 1 atom stereocenters. The molecule has 18 heavy (non-hydrogen) atoms. The van der Waals surface area contributed by atoms with Gasteiger partial charge in [0.25, 0.3) is 0 Å². The molecule has 1 aromatic rings. The van der Waals surface area contributed by atoms with Crippen molar-refractivity contribution in [2.24, 2.45) is 0 Å². The van der Waals surface area contributed by atoms with Gasteiger partial charge in [-0.25, -0.2) is 0 Å². The van der Waals surface area contributed by atoms with Crippen LogP contribution in [0, 0.1) is 0 Å². The molecule has 0 bridgehead atoms. The van der Waals surface area contributed by atoms with Crippen molar-refractivity contribution in [1.82, 2.24) is 10.6 Å². The number of rotatable bonds is 7. The summed E-state index contributed by atoms with van der Waals surface area (Å²) in [6.45, 7) is 2.73. The Kier molecular flexibility index (Phi) is 5.23. The lowest BCUT2D eigenvalue weighted by Crippen LogP contribution is -2.40. The number of furan rings is 1. The number of amides is 1. The minimum absolute atomic E-state index is 0.00837. The predicted molar refractivity (Wildman–Crippen MR) is 67.0 cm³/mol. The SMILES string of the molecule is O=C(NCCCOCc1ccco1)[C@H]1CCCN1. The molecule has 0 saturated carbocycles. The lowest BCUT2D eigenvalue weighted by atomic mass is 10.2. The Bertz CT molecular complexity index is 345. The Balaban J connectivity index is 1.47. The minimum atomic E-state index is 0.00837. The van der Waals surface area contributed by atoms with Crippen LogP contribution in [0.4, 0.5) is 0 Å². The monoisotopic (exact) mass is 252 g/mol. The molecule has 100 valence electrons. The maximum Gasteiger partial charge on any atom is 0.237 e. The second kappa shape index (κ2) is 7.18. The van der Waals surface area contributed by atoms with Crippen LogP contribution in [0.25, 0.3) is 0 Å². The molecule has 2 rings (SSSR count). The van der Waals surface area contributed by atoms with Gasteiger partial charge in [-0.3, -0.25) is 4.79 Å². The van der Waals surface area contributed by atoms with E-state index < -0.39 is 0 Å². The molecule has 2 heterocycles. The Labute approximate surface area is 107 Å². The van der Waals surface area contributed by atoms with E-state index in [9.17, 15) is 4.79 Å². The summed E-state index contributed by atoms with van der Waals surface area (Å²) in [6.07, 6.45) is 4.48. The molecule has 1 amide bonds. The Morgan fingerprint density at radius 3 is 3.28 bits per heavy atom. The van der Waals surface area contributed by atoms with Crippen LogP contribution in [0.15, 0.2) is 22.8 Å². The number of hydrogen-bond acceptors (Lipinski definition) is 4. The normalized spacial score (nSPS) is 19.0. The van der Waals surface area contributed by atoms with E-state index in [0.717, 1.165) is 31.6 Å². The van der Waals surface area contributed by atoms with Gasteiger partial charge in [-0.2, -0.15) is 0 Å². The Morgan fingerprint density at radius 2 is 2.56 bits per heavy atom. The maximum absolute atomic E-state index is 11.6. The van der Waals surface area contributed by atoms with Crippen molar-refractivity contribution in [2.45, 2.75) is 31.9 Å². The fourth-order valence-corrected chi connectivity index (χ4v) is 1.98. The summed E-state index contributed by atoms with van der Waals surface area (Å²) in [5, 5.41) is 6.08. The Morgan fingerprint density at radius 1 is 1.61 bits per heavy atom. The van der Waals surface area contributed by atoms with Crippen LogP contribution in [-0.2, 0) is 16.1 Å². The summed E-state index contributed by atoms with van der Waals surface area (Å²) in [6, 6.07) is 3.73. The molecule has 0 radical (unpaired) electrons. The number of carbonyl (C=O) groups is 1. The molecule has 0 spiro atoms. The van der Waals surface area contributed by atoms with E-state index in [0.29, 0.717) is 19.8 Å². The molecule has 1 aliphatic rings. The van der Waals surface area contributed by atoms with Crippen molar-refractivity contribution < 1.29 is 13.9 Å². The second-order valence-corrected chi connectivity index (χ2v) is 4.43. The van der Waals surface area contributed by atoms with Gasteiger partial charge in [0.05, 0.1) is 12.3 Å². The van der Waals surface area contributed by atoms with Crippen LogP contribution >= 0.6 is 0 Å². The first-order valence-corrected chi connectivity index (χ1v) is 6.47. The lowest BCUT2D eigenvalue weighted by Gasteiger charge is -2.10. The summed E-state index contributed by atoms with van der Waals surface area (Å²) in [7, 11) is 0. The van der Waals surface area contributed by atoms with Gasteiger partial charge in [-0.1, -0.05) is 0 Å². The number of ether oxygens (including phenoxy) is 1. The summed E-state index contributed by atoms with van der Waals surface area (Å²) < 4.78 is 10.6. The molecule has 1 saturated heterocycles. The minimum Gasteiger partial charge on any atom is -0.467 e. The number of nitrogens with one attached hydrogen (secondary N) is 2. The highest BCUT2D eigenvalue weighted by atomic mass is 16.5. The topological polar surface area (TPSA) is 63.5 Å². The third kappa shape index (κ3) is 4.16. The predicted octanol–water partition coefficient (Wildman–Crippen LogP) is 1.05. The van der Waals surface area contributed by atoms with Crippen LogP contribution in [0.2, 0.25) is 0 Å². The highest BCUT2D eigenvalue weighted by Crippen LogP contribution is 2.04. The summed E-state index contributed by atoms with van der Waals surface area (Å²) in [5.74, 6) is 0.938. The summed E-state index contributed by atoms with van der Waals surface area (Å²) in [5.41, 5.74) is 0. The van der Waals surface area contributed by atoms with Crippen LogP contribution in [-0.4, -0.2) is 31.6 Å². The number of carbonyl (C=O) groups excluding carboxylic acids is 1. The highest BCUT2D eigenvalue weighted by Gasteiger charge is 2.20. The van der Waals surface area contributed by atoms with E-state index in [1.807, 2.05) is 12.1 Å². The van der Waals surface area contributed by atoms with Gasteiger partial charge < -0.3 is 19.8 Å². The molecule has 5 nitrogen and oxygen atoms in total. The van der Waals surface area contributed by atoms with E-state index in [2.05, 4.69) is 10.6 Å². The summed E-state index contributed by atoms with van der Waals surface area (Å²) in [4.78, 5) is 11.6. The van der Waals surface area contributed by atoms with E-state index in [-0.39, 0.29) is 11.9 Å². The molecule has 0 aliphatic carbocycles. The first-order valence-electron chi connectivity index (χ1n) is 6.47. The molecule has 1 aliphatic heterocycles. The van der Waals surface area contributed by atoms with Crippen LogP contribution in [0.5, 0.6) is 0 Å². The zero-order valence-corrected chi connectivity index (χ0v) is 10.5. The van der Waals surface area contributed by atoms with Crippen LogP contribution < -0.4 is 10.6 Å². The average Bonchev–Trinajstić information content (AvgIpc) is 3.05. The van der Waals surface area contributed by atoms with E-state index in [1.165, 1.54) is 0 Å².